The largest absolute Gasteiger partial charge is 0.467 e. The summed E-state index contributed by atoms with van der Waals surface area (Å²) in [6.45, 7) is 0. The van der Waals surface area contributed by atoms with Crippen molar-refractivity contribution in [3.05, 3.63) is 70.9 Å². The molecule has 0 aliphatic rings. The lowest BCUT2D eigenvalue weighted by Crippen LogP contribution is -2.21. The number of esters is 1. The number of ether oxygens (including phenoxy) is 1. The highest BCUT2D eigenvalue weighted by Gasteiger charge is 2.24. The molecule has 0 spiro atoms. The summed E-state index contributed by atoms with van der Waals surface area (Å²) >= 11 is 5.93. The number of rotatable bonds is 4. The Hall–Kier alpha value is -2.59. The number of benzene rings is 2. The van der Waals surface area contributed by atoms with Crippen LogP contribution >= 0.6 is 11.6 Å². The molecule has 1 atom stereocenters. The Morgan fingerprint density at radius 2 is 1.91 bits per heavy atom. The summed E-state index contributed by atoms with van der Waals surface area (Å²) in [5, 5.41) is 1.39. The van der Waals surface area contributed by atoms with E-state index in [1.54, 1.807) is 47.2 Å². The van der Waals surface area contributed by atoms with E-state index < -0.39 is 6.04 Å². The number of carbonyl (C=O) groups excluding carboxylic acids is 2. The predicted octanol–water partition coefficient (Wildman–Crippen LogP) is 3.87. The quantitative estimate of drug-likeness (QED) is 0.540. The maximum absolute atomic E-state index is 12.3. The molecule has 0 amide bonds. The molecule has 3 aromatic rings. The van der Waals surface area contributed by atoms with E-state index in [1.165, 1.54) is 7.11 Å². The van der Waals surface area contributed by atoms with E-state index in [2.05, 4.69) is 0 Å². The maximum atomic E-state index is 12.3. The normalized spacial score (nSPS) is 12.1. The lowest BCUT2D eigenvalue weighted by Gasteiger charge is -2.18. The molecule has 4 nitrogen and oxygen atoms in total. The number of hydrogen-bond acceptors (Lipinski definition) is 3. The molecule has 1 heterocycles. The highest BCUT2D eigenvalue weighted by Crippen LogP contribution is 2.28. The van der Waals surface area contributed by atoms with E-state index in [0.717, 1.165) is 22.8 Å². The Morgan fingerprint density at radius 3 is 2.57 bits per heavy atom. The zero-order valence-corrected chi connectivity index (χ0v) is 13.2. The van der Waals surface area contributed by atoms with E-state index in [4.69, 9.17) is 16.3 Å². The molecule has 5 heteroatoms. The zero-order valence-electron chi connectivity index (χ0n) is 12.4. The standard InChI is InChI=1S/C18H14ClNO3/c1-23-18(22)17(12-5-7-14(19)8-6-12)20-10-9-15-13(11-21)3-2-4-16(15)20/h2-11,17H,1H3. The molecular formula is C18H14ClNO3. The van der Waals surface area contributed by atoms with Crippen LogP contribution < -0.4 is 0 Å². The van der Waals surface area contributed by atoms with Crippen LogP contribution in [0.25, 0.3) is 10.9 Å². The van der Waals surface area contributed by atoms with Crippen molar-refractivity contribution in [2.75, 3.05) is 7.11 Å². The third-order valence-electron chi connectivity index (χ3n) is 3.81. The highest BCUT2D eigenvalue weighted by molar-refractivity contribution is 6.30. The van der Waals surface area contributed by atoms with Gasteiger partial charge in [-0.05, 0) is 29.8 Å². The van der Waals surface area contributed by atoms with Crippen molar-refractivity contribution >= 4 is 34.8 Å². The molecule has 0 radical (unpaired) electrons. The molecule has 0 N–H and O–H groups in total. The molecule has 3 rings (SSSR count). The van der Waals surface area contributed by atoms with Crippen molar-refractivity contribution < 1.29 is 14.3 Å². The number of aldehydes is 1. The van der Waals surface area contributed by atoms with Crippen LogP contribution in [0.3, 0.4) is 0 Å². The summed E-state index contributed by atoms with van der Waals surface area (Å²) in [5.41, 5.74) is 2.14. The second-order valence-electron chi connectivity index (χ2n) is 5.10. The molecule has 0 fully saturated rings. The van der Waals surface area contributed by atoms with Crippen LogP contribution in [0.15, 0.2) is 54.7 Å². The number of carbonyl (C=O) groups is 2. The van der Waals surface area contributed by atoms with Gasteiger partial charge in [0.2, 0.25) is 0 Å². The van der Waals surface area contributed by atoms with Crippen molar-refractivity contribution in [3.63, 3.8) is 0 Å². The van der Waals surface area contributed by atoms with Crippen molar-refractivity contribution in [3.8, 4) is 0 Å². The summed E-state index contributed by atoms with van der Waals surface area (Å²) in [4.78, 5) is 23.5. The number of fused-ring (bicyclic) bond motifs is 1. The number of hydrogen-bond donors (Lipinski definition) is 0. The fraction of sp³-hybridized carbons (Fsp3) is 0.111. The van der Waals surface area contributed by atoms with Crippen LogP contribution in [-0.2, 0) is 9.53 Å². The monoisotopic (exact) mass is 327 g/mol. The maximum Gasteiger partial charge on any atom is 0.333 e. The molecule has 23 heavy (non-hydrogen) atoms. The smallest absolute Gasteiger partial charge is 0.333 e. The van der Waals surface area contributed by atoms with Crippen LogP contribution in [0.2, 0.25) is 5.02 Å². The zero-order chi connectivity index (χ0) is 16.4. The summed E-state index contributed by atoms with van der Waals surface area (Å²) in [5.74, 6) is -0.388. The average molecular weight is 328 g/mol. The molecule has 2 aromatic carbocycles. The number of halogens is 1. The first-order chi connectivity index (χ1) is 11.2. The average Bonchev–Trinajstić information content (AvgIpc) is 3.00. The first-order valence-corrected chi connectivity index (χ1v) is 7.41. The van der Waals surface area contributed by atoms with Crippen molar-refractivity contribution in [1.29, 1.82) is 0 Å². The van der Waals surface area contributed by atoms with Gasteiger partial charge >= 0.3 is 5.97 Å². The van der Waals surface area contributed by atoms with Gasteiger partial charge in [-0.25, -0.2) is 4.79 Å². The fourth-order valence-corrected chi connectivity index (χ4v) is 2.83. The molecule has 0 saturated heterocycles. The van der Waals surface area contributed by atoms with Crippen molar-refractivity contribution in [2.24, 2.45) is 0 Å². The third-order valence-corrected chi connectivity index (χ3v) is 4.06. The van der Waals surface area contributed by atoms with Crippen LogP contribution in [0.4, 0.5) is 0 Å². The van der Waals surface area contributed by atoms with Crippen molar-refractivity contribution in [1.82, 2.24) is 4.57 Å². The lowest BCUT2D eigenvalue weighted by atomic mass is 10.1. The van der Waals surface area contributed by atoms with E-state index in [0.29, 0.717) is 10.6 Å². The van der Waals surface area contributed by atoms with Gasteiger partial charge < -0.3 is 9.30 Å². The van der Waals surface area contributed by atoms with E-state index in [-0.39, 0.29) is 5.97 Å². The van der Waals surface area contributed by atoms with E-state index >= 15 is 0 Å². The summed E-state index contributed by atoms with van der Waals surface area (Å²) in [7, 11) is 1.35. The van der Waals surface area contributed by atoms with E-state index in [1.807, 2.05) is 12.1 Å². The minimum absolute atomic E-state index is 0.388. The van der Waals surface area contributed by atoms with Gasteiger partial charge in [0.1, 0.15) is 0 Å². The molecule has 116 valence electrons. The minimum Gasteiger partial charge on any atom is -0.467 e. The molecule has 0 saturated carbocycles. The Bertz CT molecular complexity index is 868. The van der Waals surface area contributed by atoms with Gasteiger partial charge in [0.05, 0.1) is 7.11 Å². The van der Waals surface area contributed by atoms with Crippen LogP contribution in [0.1, 0.15) is 22.0 Å². The first kappa shape index (κ1) is 15.3. The summed E-state index contributed by atoms with van der Waals surface area (Å²) in [6.07, 6.45) is 2.59. The summed E-state index contributed by atoms with van der Waals surface area (Å²) in [6, 6.07) is 13.6. The minimum atomic E-state index is -0.642. The summed E-state index contributed by atoms with van der Waals surface area (Å²) < 4.78 is 6.77. The lowest BCUT2D eigenvalue weighted by molar-refractivity contribution is -0.143. The SMILES string of the molecule is COC(=O)C(c1ccc(Cl)cc1)n1ccc2c(C=O)cccc21. The number of nitrogens with zero attached hydrogens (tertiary/aromatic N) is 1. The Morgan fingerprint density at radius 1 is 1.17 bits per heavy atom. The molecule has 0 bridgehead atoms. The number of methoxy groups -OCH3 is 1. The first-order valence-electron chi connectivity index (χ1n) is 7.03. The molecule has 0 aliphatic carbocycles. The predicted molar refractivity (Wildman–Crippen MR) is 88.9 cm³/mol. The second kappa shape index (κ2) is 6.26. The molecule has 0 aliphatic heterocycles. The second-order valence-corrected chi connectivity index (χ2v) is 5.53. The van der Waals surface area contributed by atoms with E-state index in [9.17, 15) is 9.59 Å². The van der Waals surface area contributed by atoms with Gasteiger partial charge in [-0.3, -0.25) is 4.79 Å². The van der Waals surface area contributed by atoms with Crippen LogP contribution in [0.5, 0.6) is 0 Å². The van der Waals surface area contributed by atoms with Crippen molar-refractivity contribution in [2.45, 2.75) is 6.04 Å². The van der Waals surface area contributed by atoms with Gasteiger partial charge in [0, 0.05) is 27.7 Å². The Balaban J connectivity index is 2.20. The highest BCUT2D eigenvalue weighted by atomic mass is 35.5. The molecular weight excluding hydrogens is 314 g/mol. The topological polar surface area (TPSA) is 48.3 Å². The fourth-order valence-electron chi connectivity index (χ4n) is 2.71. The Labute approximate surface area is 138 Å². The number of aromatic nitrogens is 1. The Kier molecular flexibility index (Phi) is 4.17. The van der Waals surface area contributed by atoms with Gasteiger partial charge in [0.25, 0.3) is 0 Å². The van der Waals surface area contributed by atoms with Gasteiger partial charge in [-0.2, -0.15) is 0 Å². The van der Waals surface area contributed by atoms with Gasteiger partial charge in [0.15, 0.2) is 12.3 Å². The van der Waals surface area contributed by atoms with Crippen LogP contribution in [0, 0.1) is 0 Å². The van der Waals surface area contributed by atoms with Gasteiger partial charge in [-0.1, -0.05) is 35.9 Å². The molecule has 1 unspecified atom stereocenters. The molecule has 1 aromatic heterocycles. The van der Waals surface area contributed by atoms with Gasteiger partial charge in [-0.15, -0.1) is 0 Å². The van der Waals surface area contributed by atoms with Crippen LogP contribution in [-0.4, -0.2) is 23.9 Å². The third kappa shape index (κ3) is 2.73.